The van der Waals surface area contributed by atoms with Crippen molar-refractivity contribution >= 4 is 11.9 Å². The van der Waals surface area contributed by atoms with Gasteiger partial charge in [0.1, 0.15) is 17.6 Å². The summed E-state index contributed by atoms with van der Waals surface area (Å²) in [4.78, 5) is 25.0. The van der Waals surface area contributed by atoms with Crippen molar-refractivity contribution in [1.29, 1.82) is 0 Å². The van der Waals surface area contributed by atoms with Crippen LogP contribution in [0.2, 0.25) is 0 Å². The van der Waals surface area contributed by atoms with Crippen LogP contribution in [0.5, 0.6) is 0 Å². The average molecular weight is 305 g/mol. The minimum absolute atomic E-state index is 0.00687. The molecule has 3 heterocycles. The summed E-state index contributed by atoms with van der Waals surface area (Å²) in [6.07, 6.45) is 0. The van der Waals surface area contributed by atoms with Crippen LogP contribution in [0, 0.1) is 6.92 Å². The van der Waals surface area contributed by atoms with Crippen LogP contribution in [0.1, 0.15) is 38.7 Å². The van der Waals surface area contributed by atoms with Gasteiger partial charge in [-0.15, -0.1) is 0 Å². The van der Waals surface area contributed by atoms with Gasteiger partial charge < -0.3 is 23.6 Å². The maximum absolute atomic E-state index is 12.6. The SMILES string of the molecule is Cc1ccc([C@@H]2COCCN2C(=O)c2ccc(C(=O)O)o2)o1. The molecule has 1 saturated heterocycles. The first-order valence-corrected chi connectivity index (χ1v) is 6.84. The van der Waals surface area contributed by atoms with Gasteiger partial charge in [-0.25, -0.2) is 4.79 Å². The highest BCUT2D eigenvalue weighted by Crippen LogP contribution is 2.27. The molecule has 1 atom stereocenters. The molecule has 1 fully saturated rings. The third-order valence-electron chi connectivity index (χ3n) is 3.51. The number of morpholine rings is 1. The lowest BCUT2D eigenvalue weighted by molar-refractivity contribution is -0.0105. The number of hydrogen-bond acceptors (Lipinski definition) is 5. The van der Waals surface area contributed by atoms with Crippen LogP contribution in [0.15, 0.2) is 33.1 Å². The summed E-state index contributed by atoms with van der Waals surface area (Å²) in [6, 6.07) is 5.91. The van der Waals surface area contributed by atoms with E-state index in [-0.39, 0.29) is 23.5 Å². The van der Waals surface area contributed by atoms with Crippen molar-refractivity contribution < 1.29 is 28.3 Å². The topological polar surface area (TPSA) is 93.1 Å². The summed E-state index contributed by atoms with van der Waals surface area (Å²) in [6.45, 7) is 2.94. The number of amides is 1. The summed E-state index contributed by atoms with van der Waals surface area (Å²) in [5.41, 5.74) is 0. The Balaban J connectivity index is 1.86. The number of carbonyl (C=O) groups is 2. The first kappa shape index (κ1) is 14.4. The van der Waals surface area contributed by atoms with Crippen LogP contribution in [-0.4, -0.2) is 41.6 Å². The lowest BCUT2D eigenvalue weighted by Gasteiger charge is -2.33. The van der Waals surface area contributed by atoms with Gasteiger partial charge in [0.2, 0.25) is 5.76 Å². The zero-order valence-corrected chi connectivity index (χ0v) is 11.9. The molecule has 0 unspecified atom stereocenters. The predicted octanol–water partition coefficient (Wildman–Crippen LogP) is 2.09. The highest BCUT2D eigenvalue weighted by atomic mass is 16.5. The van der Waals surface area contributed by atoms with Gasteiger partial charge in [-0.2, -0.15) is 0 Å². The highest BCUT2D eigenvalue weighted by molar-refractivity contribution is 5.93. The maximum atomic E-state index is 12.6. The number of aryl methyl sites for hydroxylation is 1. The zero-order valence-electron chi connectivity index (χ0n) is 11.9. The molecular formula is C15H15NO6. The van der Waals surface area contributed by atoms with Crippen molar-refractivity contribution in [2.75, 3.05) is 19.8 Å². The molecule has 0 aliphatic carbocycles. The fourth-order valence-corrected chi connectivity index (χ4v) is 2.42. The quantitative estimate of drug-likeness (QED) is 0.933. The first-order chi connectivity index (χ1) is 10.6. The van der Waals surface area contributed by atoms with Crippen molar-refractivity contribution in [2.24, 2.45) is 0 Å². The molecule has 22 heavy (non-hydrogen) atoms. The molecule has 0 spiro atoms. The zero-order chi connectivity index (χ0) is 15.7. The van der Waals surface area contributed by atoms with Crippen molar-refractivity contribution in [2.45, 2.75) is 13.0 Å². The van der Waals surface area contributed by atoms with Gasteiger partial charge in [-0.3, -0.25) is 4.79 Å². The van der Waals surface area contributed by atoms with E-state index >= 15 is 0 Å². The van der Waals surface area contributed by atoms with E-state index < -0.39 is 5.97 Å². The molecule has 2 aromatic rings. The van der Waals surface area contributed by atoms with E-state index in [9.17, 15) is 9.59 Å². The molecule has 1 N–H and O–H groups in total. The number of carboxylic acid groups (broad SMARTS) is 1. The van der Waals surface area contributed by atoms with E-state index in [1.165, 1.54) is 12.1 Å². The Kier molecular flexibility index (Phi) is 3.72. The molecule has 7 heteroatoms. The number of carbonyl (C=O) groups excluding carboxylic acids is 1. The van der Waals surface area contributed by atoms with Gasteiger partial charge in [-0.1, -0.05) is 0 Å². The summed E-state index contributed by atoms with van der Waals surface area (Å²) >= 11 is 0. The van der Waals surface area contributed by atoms with Crippen LogP contribution in [-0.2, 0) is 4.74 Å². The first-order valence-electron chi connectivity index (χ1n) is 6.84. The summed E-state index contributed by atoms with van der Waals surface area (Å²) in [5, 5.41) is 8.87. The normalized spacial score (nSPS) is 18.4. The second-order valence-corrected chi connectivity index (χ2v) is 5.01. The fraction of sp³-hybridized carbons (Fsp3) is 0.333. The van der Waals surface area contributed by atoms with Gasteiger partial charge in [-0.05, 0) is 31.2 Å². The fourth-order valence-electron chi connectivity index (χ4n) is 2.42. The number of hydrogen-bond donors (Lipinski definition) is 1. The predicted molar refractivity (Wildman–Crippen MR) is 73.7 cm³/mol. The molecule has 116 valence electrons. The average Bonchev–Trinajstić information content (AvgIpc) is 3.15. The number of aromatic carboxylic acids is 1. The van der Waals surface area contributed by atoms with Crippen LogP contribution >= 0.6 is 0 Å². The minimum atomic E-state index is -1.21. The van der Waals surface area contributed by atoms with Gasteiger partial charge in [0.25, 0.3) is 5.91 Å². The van der Waals surface area contributed by atoms with Gasteiger partial charge in [0, 0.05) is 6.54 Å². The smallest absolute Gasteiger partial charge is 0.371 e. The third kappa shape index (κ3) is 2.62. The van der Waals surface area contributed by atoms with Crippen molar-refractivity contribution in [3.8, 4) is 0 Å². The molecule has 1 aliphatic rings. The highest BCUT2D eigenvalue weighted by Gasteiger charge is 2.33. The Morgan fingerprint density at radius 3 is 2.59 bits per heavy atom. The molecule has 2 aromatic heterocycles. The van der Waals surface area contributed by atoms with Crippen LogP contribution in [0.4, 0.5) is 0 Å². The molecule has 1 aliphatic heterocycles. The molecule has 3 rings (SSSR count). The number of rotatable bonds is 3. The standard InChI is InChI=1S/C15H15NO6/c1-9-2-3-11(21-9)10-8-20-7-6-16(10)14(17)12-4-5-13(22-12)15(18)19/h2-5,10H,6-8H2,1H3,(H,18,19)/t10-/m0/s1. The Morgan fingerprint density at radius 2 is 1.95 bits per heavy atom. The van der Waals surface area contributed by atoms with Gasteiger partial charge in [0.15, 0.2) is 5.76 Å². The van der Waals surface area contributed by atoms with E-state index in [0.717, 1.165) is 5.76 Å². The molecule has 0 saturated carbocycles. The maximum Gasteiger partial charge on any atom is 0.371 e. The molecule has 1 amide bonds. The lowest BCUT2D eigenvalue weighted by atomic mass is 10.1. The van der Waals surface area contributed by atoms with Crippen molar-refractivity contribution in [1.82, 2.24) is 4.90 Å². The number of carboxylic acids is 1. The molecule has 0 radical (unpaired) electrons. The van der Waals surface area contributed by atoms with Crippen LogP contribution in [0.3, 0.4) is 0 Å². The van der Waals surface area contributed by atoms with Crippen LogP contribution < -0.4 is 0 Å². The Morgan fingerprint density at radius 1 is 1.18 bits per heavy atom. The van der Waals surface area contributed by atoms with E-state index in [1.807, 2.05) is 13.0 Å². The van der Waals surface area contributed by atoms with E-state index in [1.54, 1.807) is 11.0 Å². The van der Waals surface area contributed by atoms with Gasteiger partial charge >= 0.3 is 5.97 Å². The monoisotopic (exact) mass is 305 g/mol. The number of furan rings is 2. The van der Waals surface area contributed by atoms with Crippen molar-refractivity contribution in [3.63, 3.8) is 0 Å². The summed E-state index contributed by atoms with van der Waals surface area (Å²) in [7, 11) is 0. The summed E-state index contributed by atoms with van der Waals surface area (Å²) < 4.78 is 16.1. The Bertz CT molecular complexity index is 700. The Labute approximate surface area is 126 Å². The largest absolute Gasteiger partial charge is 0.475 e. The van der Waals surface area contributed by atoms with Crippen LogP contribution in [0.25, 0.3) is 0 Å². The summed E-state index contributed by atoms with van der Waals surface area (Å²) in [5.74, 6) is -0.474. The minimum Gasteiger partial charge on any atom is -0.475 e. The second-order valence-electron chi connectivity index (χ2n) is 5.01. The Hall–Kier alpha value is -2.54. The van der Waals surface area contributed by atoms with E-state index in [0.29, 0.717) is 25.5 Å². The molecule has 0 aromatic carbocycles. The molecule has 7 nitrogen and oxygen atoms in total. The third-order valence-corrected chi connectivity index (χ3v) is 3.51. The van der Waals surface area contributed by atoms with Gasteiger partial charge in [0.05, 0.1) is 13.2 Å². The number of ether oxygens (including phenoxy) is 1. The van der Waals surface area contributed by atoms with E-state index in [4.69, 9.17) is 18.7 Å². The lowest BCUT2D eigenvalue weighted by Crippen LogP contribution is -2.43. The number of nitrogens with zero attached hydrogens (tertiary/aromatic N) is 1. The second kappa shape index (κ2) is 5.69. The van der Waals surface area contributed by atoms with E-state index in [2.05, 4.69) is 0 Å². The molecular weight excluding hydrogens is 290 g/mol. The van der Waals surface area contributed by atoms with Crippen molar-refractivity contribution in [3.05, 3.63) is 47.3 Å². The molecule has 0 bridgehead atoms.